The van der Waals surface area contributed by atoms with Gasteiger partial charge in [-0.25, -0.2) is 0 Å². The molecule has 3 atom stereocenters. The van der Waals surface area contributed by atoms with Crippen LogP contribution in [-0.2, 0) is 4.79 Å². The van der Waals surface area contributed by atoms with E-state index in [0.29, 0.717) is 6.42 Å². The fourth-order valence-corrected chi connectivity index (χ4v) is 8.86. The van der Waals surface area contributed by atoms with Gasteiger partial charge in [-0.15, -0.1) is 0 Å². The van der Waals surface area contributed by atoms with Gasteiger partial charge in [-0.3, -0.25) is 4.79 Å². The van der Waals surface area contributed by atoms with Crippen molar-refractivity contribution < 1.29 is 20.1 Å². The Morgan fingerprint density at radius 2 is 0.631 bits per heavy atom. The molecule has 65 heavy (non-hydrogen) atoms. The molecule has 3 unspecified atom stereocenters. The molecule has 0 fully saturated rings. The highest BCUT2D eigenvalue weighted by atomic mass is 16.3. The number of unbranched alkanes of at least 4 members (excludes halogenated alkanes) is 39. The van der Waals surface area contributed by atoms with Crippen LogP contribution in [-0.4, -0.2) is 46.1 Å². The van der Waals surface area contributed by atoms with E-state index in [1.807, 2.05) is 6.08 Å². The van der Waals surface area contributed by atoms with Gasteiger partial charge in [0.15, 0.2) is 0 Å². The van der Waals surface area contributed by atoms with Crippen molar-refractivity contribution in [1.29, 1.82) is 0 Å². The molecule has 0 aliphatic carbocycles. The molecule has 0 aromatic rings. The largest absolute Gasteiger partial charge is 0.394 e. The summed E-state index contributed by atoms with van der Waals surface area (Å²) in [4.78, 5) is 12.6. The van der Waals surface area contributed by atoms with Gasteiger partial charge >= 0.3 is 0 Å². The number of rotatable bonds is 53. The average molecular weight is 913 g/mol. The molecule has 0 aromatic carbocycles. The highest BCUT2D eigenvalue weighted by molar-refractivity contribution is 5.80. The lowest BCUT2D eigenvalue weighted by molar-refractivity contribution is -0.131. The van der Waals surface area contributed by atoms with Crippen molar-refractivity contribution in [2.24, 2.45) is 0 Å². The van der Waals surface area contributed by atoms with Crippen LogP contribution >= 0.6 is 0 Å². The first kappa shape index (κ1) is 63.3. The maximum Gasteiger partial charge on any atom is 0.249 e. The van der Waals surface area contributed by atoms with Crippen LogP contribution < -0.4 is 5.32 Å². The van der Waals surface area contributed by atoms with E-state index in [1.165, 1.54) is 238 Å². The van der Waals surface area contributed by atoms with Crippen LogP contribution in [0.25, 0.3) is 0 Å². The second-order valence-electron chi connectivity index (χ2n) is 19.8. The van der Waals surface area contributed by atoms with Crippen molar-refractivity contribution in [3.63, 3.8) is 0 Å². The lowest BCUT2D eigenvalue weighted by Crippen LogP contribution is -2.48. The number of aliphatic hydroxyl groups excluding tert-OH is 3. The third kappa shape index (κ3) is 50.0. The smallest absolute Gasteiger partial charge is 0.249 e. The van der Waals surface area contributed by atoms with E-state index < -0.39 is 24.2 Å². The van der Waals surface area contributed by atoms with Crippen molar-refractivity contribution in [1.82, 2.24) is 5.32 Å². The summed E-state index contributed by atoms with van der Waals surface area (Å²) in [5.74, 6) is -0.514. The van der Waals surface area contributed by atoms with Crippen LogP contribution in [0.4, 0.5) is 0 Å². The van der Waals surface area contributed by atoms with E-state index in [0.717, 1.165) is 44.9 Å². The highest BCUT2D eigenvalue weighted by Gasteiger charge is 2.22. The molecule has 0 saturated carbocycles. The van der Waals surface area contributed by atoms with Crippen LogP contribution in [0.5, 0.6) is 0 Å². The van der Waals surface area contributed by atoms with Gasteiger partial charge in [0, 0.05) is 0 Å². The Kier molecular flexibility index (Phi) is 53.5. The standard InChI is InChI=1S/C60H113NO4/c1-3-5-7-9-11-13-15-17-19-21-23-25-27-28-29-30-31-32-33-35-37-39-41-43-45-47-49-51-53-55-59(64)60(65)61-57(56-62)58(63)54-52-50-48-46-44-42-40-38-36-34-26-24-22-20-18-16-14-12-10-8-6-4-2/h28-29,36,38,44,46,52,54,57-59,62-64H,3-27,30-35,37,39-43,45,47-51,53,55-56H2,1-2H3,(H,61,65)/b29-28-,38-36+,46-44+,54-52+. The first-order chi connectivity index (χ1) is 32.1. The minimum Gasteiger partial charge on any atom is -0.394 e. The third-order valence-corrected chi connectivity index (χ3v) is 13.4. The van der Waals surface area contributed by atoms with Gasteiger partial charge in [0.05, 0.1) is 18.8 Å². The maximum atomic E-state index is 12.6. The molecule has 0 spiro atoms. The summed E-state index contributed by atoms with van der Waals surface area (Å²) in [5, 5.41) is 33.3. The first-order valence-corrected chi connectivity index (χ1v) is 29.0. The zero-order valence-electron chi connectivity index (χ0n) is 43.6. The Morgan fingerprint density at radius 1 is 0.369 bits per heavy atom. The van der Waals surface area contributed by atoms with Gasteiger partial charge in [-0.05, 0) is 70.6 Å². The second kappa shape index (κ2) is 54.9. The molecule has 0 heterocycles. The Balaban J connectivity index is 3.61. The number of carbonyl (C=O) groups excluding carboxylic acids is 1. The first-order valence-electron chi connectivity index (χ1n) is 29.0. The van der Waals surface area contributed by atoms with Gasteiger partial charge in [0.25, 0.3) is 0 Å². The summed E-state index contributed by atoms with van der Waals surface area (Å²) < 4.78 is 0. The van der Waals surface area contributed by atoms with Crippen molar-refractivity contribution >= 4 is 5.91 Å². The molecule has 0 aliphatic heterocycles. The van der Waals surface area contributed by atoms with Crippen molar-refractivity contribution in [3.05, 3.63) is 48.6 Å². The number of aliphatic hydroxyl groups is 3. The summed E-state index contributed by atoms with van der Waals surface area (Å²) in [5.41, 5.74) is 0. The topological polar surface area (TPSA) is 89.8 Å². The van der Waals surface area contributed by atoms with Crippen LogP contribution in [0.15, 0.2) is 48.6 Å². The van der Waals surface area contributed by atoms with E-state index in [1.54, 1.807) is 6.08 Å². The molecule has 0 radical (unpaired) electrons. The fourth-order valence-electron chi connectivity index (χ4n) is 8.86. The molecule has 0 aliphatic rings. The van der Waals surface area contributed by atoms with E-state index in [2.05, 4.69) is 55.6 Å². The predicted molar refractivity (Wildman–Crippen MR) is 287 cm³/mol. The predicted octanol–water partition coefficient (Wildman–Crippen LogP) is 18.0. The molecule has 0 bridgehead atoms. The Hall–Kier alpha value is -1.69. The van der Waals surface area contributed by atoms with Crippen LogP contribution in [0.1, 0.15) is 303 Å². The Labute approximate surface area is 406 Å². The number of amides is 1. The molecular formula is C60H113NO4. The number of carbonyl (C=O) groups is 1. The van der Waals surface area contributed by atoms with Gasteiger partial charge in [-0.1, -0.05) is 281 Å². The summed E-state index contributed by atoms with van der Waals surface area (Å²) in [6, 6.07) is -0.823. The van der Waals surface area contributed by atoms with Gasteiger partial charge in [0.2, 0.25) is 5.91 Å². The van der Waals surface area contributed by atoms with Gasteiger partial charge in [0.1, 0.15) is 6.10 Å². The number of allylic oxidation sites excluding steroid dienone is 7. The summed E-state index contributed by atoms with van der Waals surface area (Å²) >= 11 is 0. The molecule has 1 amide bonds. The summed E-state index contributed by atoms with van der Waals surface area (Å²) in [7, 11) is 0. The molecular weight excluding hydrogens is 799 g/mol. The third-order valence-electron chi connectivity index (χ3n) is 13.4. The molecule has 5 nitrogen and oxygen atoms in total. The molecule has 5 heteroatoms. The van der Waals surface area contributed by atoms with Gasteiger partial charge < -0.3 is 20.6 Å². The lowest BCUT2D eigenvalue weighted by Gasteiger charge is -2.21. The quantitative estimate of drug-likeness (QED) is 0.0361. The number of hydrogen-bond donors (Lipinski definition) is 4. The average Bonchev–Trinajstić information content (AvgIpc) is 3.31. The van der Waals surface area contributed by atoms with Crippen LogP contribution in [0.3, 0.4) is 0 Å². The minimum absolute atomic E-state index is 0.381. The van der Waals surface area contributed by atoms with Crippen LogP contribution in [0, 0.1) is 0 Å². The zero-order valence-corrected chi connectivity index (χ0v) is 43.6. The monoisotopic (exact) mass is 912 g/mol. The highest BCUT2D eigenvalue weighted by Crippen LogP contribution is 2.17. The van der Waals surface area contributed by atoms with Crippen LogP contribution in [0.2, 0.25) is 0 Å². The fraction of sp³-hybridized carbons (Fsp3) is 0.850. The van der Waals surface area contributed by atoms with Crippen molar-refractivity contribution in [2.75, 3.05) is 6.61 Å². The van der Waals surface area contributed by atoms with E-state index >= 15 is 0 Å². The van der Waals surface area contributed by atoms with Crippen molar-refractivity contribution in [2.45, 2.75) is 321 Å². The minimum atomic E-state index is -1.11. The maximum absolute atomic E-state index is 12.6. The normalized spacial score (nSPS) is 13.6. The summed E-state index contributed by atoms with van der Waals surface area (Å²) in [6.45, 7) is 4.20. The molecule has 4 N–H and O–H groups in total. The molecule has 0 aromatic heterocycles. The number of nitrogens with one attached hydrogen (secondary N) is 1. The second-order valence-corrected chi connectivity index (χ2v) is 19.8. The Morgan fingerprint density at radius 3 is 0.938 bits per heavy atom. The van der Waals surface area contributed by atoms with E-state index in [-0.39, 0.29) is 6.61 Å². The molecule has 0 saturated heterocycles. The molecule has 382 valence electrons. The Bertz CT molecular complexity index is 1050. The SMILES string of the molecule is CCCCCCCCCCCCCC/C=C\CCCCCCCCCCCCCCCC(O)C(=O)NC(CO)C(O)/C=C/CC/C=C/CC/C=C/CCCCCCCCCCCCCC. The zero-order chi connectivity index (χ0) is 47.2. The lowest BCUT2D eigenvalue weighted by atomic mass is 10.0. The van der Waals surface area contributed by atoms with Crippen molar-refractivity contribution in [3.8, 4) is 0 Å². The van der Waals surface area contributed by atoms with E-state index in [4.69, 9.17) is 0 Å². The molecule has 0 rings (SSSR count). The summed E-state index contributed by atoms with van der Waals surface area (Å²) in [6.07, 6.45) is 73.4. The number of hydrogen-bond acceptors (Lipinski definition) is 4. The van der Waals surface area contributed by atoms with Gasteiger partial charge in [-0.2, -0.15) is 0 Å². The van der Waals surface area contributed by atoms with E-state index in [9.17, 15) is 20.1 Å².